The molecule has 0 spiro atoms. The Bertz CT molecular complexity index is 57.3. The summed E-state index contributed by atoms with van der Waals surface area (Å²) in [6.45, 7) is 0. The van der Waals surface area contributed by atoms with Gasteiger partial charge in [-0.1, -0.05) is 0 Å². The van der Waals surface area contributed by atoms with Crippen LogP contribution in [0.4, 0.5) is 0 Å². The van der Waals surface area contributed by atoms with E-state index in [-0.39, 0.29) is 32.7 Å². The fourth-order valence-corrected chi connectivity index (χ4v) is 0. The van der Waals surface area contributed by atoms with Crippen LogP contribution in [0, 0.1) is 0 Å². The molecule has 0 aliphatic heterocycles. The van der Waals surface area contributed by atoms with Crippen LogP contribution in [0.2, 0.25) is 0 Å². The molecule has 0 fully saturated rings. The summed E-state index contributed by atoms with van der Waals surface area (Å²) in [5, 5.41) is 0. The molecule has 0 N–H and O–H groups in total. The van der Waals surface area contributed by atoms with Crippen molar-refractivity contribution in [2.24, 2.45) is 0 Å². The molecule has 0 bridgehead atoms. The van der Waals surface area contributed by atoms with Crippen molar-refractivity contribution in [3.8, 4) is 0 Å². The van der Waals surface area contributed by atoms with E-state index >= 15 is 0 Å². The van der Waals surface area contributed by atoms with E-state index in [1.165, 1.54) is 0 Å². The average molecular weight is 260 g/mol. The Hall–Kier alpha value is 1.04. The molecule has 8 nitrogen and oxygen atoms in total. The van der Waals surface area contributed by atoms with E-state index in [1.807, 2.05) is 0 Å². The molecule has 0 aliphatic rings. The molecule has 0 aliphatic carbocycles. The Balaban J connectivity index is -0.0000000457. The van der Waals surface area contributed by atoms with Crippen molar-refractivity contribution >= 4 is 29.1 Å². The zero-order valence-corrected chi connectivity index (χ0v) is 9.83. The van der Waals surface area contributed by atoms with Gasteiger partial charge in [-0.3, -0.25) is 0 Å². The van der Waals surface area contributed by atoms with Crippen LogP contribution in [0.5, 0.6) is 0 Å². The van der Waals surface area contributed by atoms with Gasteiger partial charge in [0.05, 0.1) is 0 Å². The Morgan fingerprint density at radius 1 is 0.500 bits per heavy atom. The van der Waals surface area contributed by atoms with E-state index in [1.54, 1.807) is 0 Å². The van der Waals surface area contributed by atoms with Gasteiger partial charge in [0, 0.05) is 0 Å². The predicted molar refractivity (Wildman–Crippen MR) is 17.3 cm³/mol. The molecule has 0 aromatic heterocycles. The molecule has 0 saturated carbocycles. The first-order valence-electron chi connectivity index (χ1n) is 1.63. The van der Waals surface area contributed by atoms with Gasteiger partial charge in [0.1, 0.15) is 0 Å². The third kappa shape index (κ3) is 1020. The maximum atomic E-state index is 8.58. The van der Waals surface area contributed by atoms with Gasteiger partial charge in [0.25, 0.3) is 0 Å². The molecule has 0 heterocycles. The number of rotatable bonds is 0. The van der Waals surface area contributed by atoms with E-state index in [0.29, 0.717) is 0 Å². The van der Waals surface area contributed by atoms with Crippen LogP contribution >= 0.6 is 0 Å². The third-order valence-corrected chi connectivity index (χ3v) is 0. The van der Waals surface area contributed by atoms with Crippen LogP contribution in [0.15, 0.2) is 0 Å². The Morgan fingerprint density at radius 2 is 0.500 bits per heavy atom. The second-order valence-electron chi connectivity index (χ2n) is 1.00. The van der Waals surface area contributed by atoms with Crippen molar-refractivity contribution in [2.45, 2.75) is 0 Å². The van der Waals surface area contributed by atoms with Crippen molar-refractivity contribution < 1.29 is 60.1 Å². The van der Waals surface area contributed by atoms with Gasteiger partial charge in [-0.25, -0.2) is 0 Å². The van der Waals surface area contributed by atoms with E-state index in [2.05, 4.69) is 0 Å². The summed E-state index contributed by atoms with van der Waals surface area (Å²) in [4.78, 5) is 68.6. The number of hydrogen-bond donors (Lipinski definition) is 0. The molecule has 0 rings (SSSR count). The van der Waals surface area contributed by atoms with Gasteiger partial charge in [-0.2, -0.15) is 0 Å². The predicted octanol–water partition coefficient (Wildman–Crippen LogP) is -10.7. The second-order valence-corrected chi connectivity index (χ2v) is 3.00. The van der Waals surface area contributed by atoms with Gasteiger partial charge in [-0.15, -0.1) is 0 Å². The molecular formula is O8Si3Ti. The fourth-order valence-electron chi connectivity index (χ4n) is 0. The monoisotopic (exact) mass is 260 g/mol. The summed E-state index contributed by atoms with van der Waals surface area (Å²) in [6, 6.07) is 0. The topological polar surface area (TPSA) is 184 Å². The SMILES string of the molecule is [O-][Si]([O-])([O-])[O-].[O-][Si]([O-])([O-])[O-].[Si+4].[Ti+4]. The minimum absolute atomic E-state index is 0. The summed E-state index contributed by atoms with van der Waals surface area (Å²) < 4.78 is 0. The van der Waals surface area contributed by atoms with E-state index < -0.39 is 18.1 Å². The maximum Gasteiger partial charge on any atom is 4.00 e. The second kappa shape index (κ2) is 8.63. The summed E-state index contributed by atoms with van der Waals surface area (Å²) in [5.41, 5.74) is 0. The fraction of sp³-hybridized carbons (Fsp3) is 0. The summed E-state index contributed by atoms with van der Waals surface area (Å²) in [5.74, 6) is 0. The average Bonchev–Trinajstić information content (AvgIpc) is 1.12. The minimum atomic E-state index is -5.61. The van der Waals surface area contributed by atoms with E-state index in [4.69, 9.17) is 38.4 Å². The molecule has 0 amide bonds. The molecule has 0 saturated heterocycles. The van der Waals surface area contributed by atoms with E-state index in [0.717, 1.165) is 0 Å². The molecule has 0 unspecified atom stereocenters. The molecule has 0 radical (unpaired) electrons. The summed E-state index contributed by atoms with van der Waals surface area (Å²) in [6.07, 6.45) is 0. The van der Waals surface area contributed by atoms with Crippen LogP contribution in [-0.2, 0) is 21.7 Å². The Labute approximate surface area is 89.3 Å². The third-order valence-electron chi connectivity index (χ3n) is 0. The molecule has 0 atom stereocenters. The number of hydrogen-bond acceptors (Lipinski definition) is 8. The van der Waals surface area contributed by atoms with Crippen molar-refractivity contribution in [3.05, 3.63) is 0 Å². The minimum Gasteiger partial charge on any atom is -0.894 e. The normalized spacial score (nSPS) is 10.0. The standard InChI is InChI=1S/2O4Si.Si.Ti/c2*1-5(2,3)4;;/q2*-4;2*+4. The van der Waals surface area contributed by atoms with Crippen molar-refractivity contribution in [3.63, 3.8) is 0 Å². The van der Waals surface area contributed by atoms with Crippen LogP contribution < -0.4 is 38.4 Å². The van der Waals surface area contributed by atoms with Crippen molar-refractivity contribution in [2.75, 3.05) is 0 Å². The molecule has 0 aromatic rings. The quantitative estimate of drug-likeness (QED) is 0.384. The first kappa shape index (κ1) is 23.1. The van der Waals surface area contributed by atoms with Gasteiger partial charge in [0.2, 0.25) is 0 Å². The van der Waals surface area contributed by atoms with Gasteiger partial charge in [-0.05, 0) is 0 Å². The van der Waals surface area contributed by atoms with Gasteiger partial charge < -0.3 is 56.5 Å². The van der Waals surface area contributed by atoms with Crippen molar-refractivity contribution in [1.82, 2.24) is 0 Å². The van der Waals surface area contributed by atoms with Crippen LogP contribution in [0.25, 0.3) is 0 Å². The van der Waals surface area contributed by atoms with Gasteiger partial charge in [0.15, 0.2) is 0 Å². The Kier molecular flexibility index (Phi) is 16.6. The van der Waals surface area contributed by atoms with E-state index in [9.17, 15) is 0 Å². The van der Waals surface area contributed by atoms with Crippen LogP contribution in [0.3, 0.4) is 0 Å². The Morgan fingerprint density at radius 3 is 0.500 bits per heavy atom. The molecule has 12 heteroatoms. The first-order valence-corrected chi connectivity index (χ1v) is 4.90. The van der Waals surface area contributed by atoms with Gasteiger partial charge >= 0.3 is 32.7 Å². The molecule has 12 heavy (non-hydrogen) atoms. The zero-order chi connectivity index (χ0) is 9.00. The molecule has 0 aromatic carbocycles. The molecule has 64 valence electrons. The van der Waals surface area contributed by atoms with Crippen LogP contribution in [-0.4, -0.2) is 29.1 Å². The smallest absolute Gasteiger partial charge is 0.894 e. The zero-order valence-electron chi connectivity index (χ0n) is 5.27. The molecular weight excluding hydrogens is 260 g/mol. The largest absolute Gasteiger partial charge is 4.00 e. The summed E-state index contributed by atoms with van der Waals surface area (Å²) in [7, 11) is -11.2. The summed E-state index contributed by atoms with van der Waals surface area (Å²) >= 11 is 0. The maximum absolute atomic E-state index is 8.58. The van der Waals surface area contributed by atoms with Crippen LogP contribution in [0.1, 0.15) is 0 Å². The first-order chi connectivity index (χ1) is 4.00. The van der Waals surface area contributed by atoms with Crippen molar-refractivity contribution in [1.29, 1.82) is 0 Å².